The van der Waals surface area contributed by atoms with Crippen molar-refractivity contribution in [2.24, 2.45) is 0 Å². The highest BCUT2D eigenvalue weighted by molar-refractivity contribution is 5.02. The summed E-state index contributed by atoms with van der Waals surface area (Å²) in [5.74, 6) is 0. The van der Waals surface area contributed by atoms with E-state index in [2.05, 4.69) is 10.3 Å². The molecular weight excluding hydrogens is 212 g/mol. The van der Waals surface area contributed by atoms with Crippen LogP contribution in [0.1, 0.15) is 5.69 Å². The molecule has 0 spiro atoms. The molecule has 0 amide bonds. The Morgan fingerprint density at radius 1 is 1.44 bits per heavy atom. The van der Waals surface area contributed by atoms with Gasteiger partial charge in [-0.15, -0.1) is 0 Å². The lowest BCUT2D eigenvalue weighted by molar-refractivity contribution is 0.101. The van der Waals surface area contributed by atoms with Crippen LogP contribution in [0.25, 0.3) is 0 Å². The summed E-state index contributed by atoms with van der Waals surface area (Å²) in [4.78, 5) is 5.75. The first-order valence-corrected chi connectivity index (χ1v) is 5.26. The van der Waals surface area contributed by atoms with Gasteiger partial charge in [-0.1, -0.05) is 6.07 Å². The molecule has 0 fully saturated rings. The van der Waals surface area contributed by atoms with Crippen LogP contribution in [0.15, 0.2) is 24.4 Å². The Bertz CT molecular complexity index is 280. The summed E-state index contributed by atoms with van der Waals surface area (Å²) in [7, 11) is 1.69. The monoisotopic (exact) mass is 229 g/mol. The molecule has 0 aliphatic rings. The second kappa shape index (κ2) is 7.24. The molecule has 0 aliphatic heterocycles. The fourth-order valence-corrected chi connectivity index (χ4v) is 1.32. The molecular formula is C11H17F2N3. The maximum atomic E-state index is 12.0. The Labute approximate surface area is 94.5 Å². The molecule has 3 nitrogen and oxygen atoms in total. The molecule has 0 radical (unpaired) electrons. The van der Waals surface area contributed by atoms with Gasteiger partial charge in [0, 0.05) is 25.8 Å². The molecule has 1 N–H and O–H groups in total. The summed E-state index contributed by atoms with van der Waals surface area (Å²) in [5.41, 5.74) is 0.957. The summed E-state index contributed by atoms with van der Waals surface area (Å²) >= 11 is 0. The van der Waals surface area contributed by atoms with Crippen molar-refractivity contribution in [3.05, 3.63) is 30.1 Å². The van der Waals surface area contributed by atoms with Crippen LogP contribution in [0.5, 0.6) is 0 Å². The van der Waals surface area contributed by atoms with Gasteiger partial charge in [0.15, 0.2) is 0 Å². The summed E-state index contributed by atoms with van der Waals surface area (Å²) < 4.78 is 24.0. The van der Waals surface area contributed by atoms with E-state index in [1.54, 1.807) is 18.1 Å². The van der Waals surface area contributed by atoms with E-state index < -0.39 is 6.43 Å². The van der Waals surface area contributed by atoms with Gasteiger partial charge in [0.05, 0.1) is 12.2 Å². The van der Waals surface area contributed by atoms with E-state index in [9.17, 15) is 8.78 Å². The summed E-state index contributed by atoms with van der Waals surface area (Å²) in [6.07, 6.45) is -0.527. The lowest BCUT2D eigenvalue weighted by atomic mass is 10.3. The predicted octanol–water partition coefficient (Wildman–Crippen LogP) is 1.37. The molecule has 0 bridgehead atoms. The predicted molar refractivity (Wildman–Crippen MR) is 59.4 cm³/mol. The van der Waals surface area contributed by atoms with Crippen LogP contribution in [0.4, 0.5) is 8.78 Å². The SMILES string of the molecule is CN(CCNCc1ccccn1)CC(F)F. The molecule has 1 aromatic heterocycles. The summed E-state index contributed by atoms with van der Waals surface area (Å²) in [6, 6.07) is 5.71. The van der Waals surface area contributed by atoms with Gasteiger partial charge in [-0.2, -0.15) is 0 Å². The van der Waals surface area contributed by atoms with Crippen molar-refractivity contribution in [2.75, 3.05) is 26.7 Å². The van der Waals surface area contributed by atoms with Crippen LogP contribution in [-0.4, -0.2) is 43.0 Å². The largest absolute Gasteiger partial charge is 0.310 e. The van der Waals surface area contributed by atoms with Gasteiger partial charge in [-0.25, -0.2) is 8.78 Å². The zero-order chi connectivity index (χ0) is 11.8. The minimum atomic E-state index is -2.26. The number of hydrogen-bond acceptors (Lipinski definition) is 3. The second-order valence-electron chi connectivity index (χ2n) is 3.65. The first kappa shape index (κ1) is 13.0. The third-order valence-electron chi connectivity index (χ3n) is 2.15. The van der Waals surface area contributed by atoms with Crippen molar-refractivity contribution in [3.63, 3.8) is 0 Å². The van der Waals surface area contributed by atoms with Crippen LogP contribution in [-0.2, 0) is 6.54 Å². The molecule has 0 saturated carbocycles. The van der Waals surface area contributed by atoms with E-state index in [0.29, 0.717) is 19.6 Å². The standard InChI is InChI=1S/C11H17F2N3/c1-16(9-11(12)13)7-6-14-8-10-4-2-3-5-15-10/h2-5,11,14H,6-9H2,1H3. The molecule has 90 valence electrons. The highest BCUT2D eigenvalue weighted by Gasteiger charge is 2.06. The van der Waals surface area contributed by atoms with Crippen molar-refractivity contribution in [2.45, 2.75) is 13.0 Å². The molecule has 0 atom stereocenters. The third kappa shape index (κ3) is 5.72. The second-order valence-corrected chi connectivity index (χ2v) is 3.65. The van der Waals surface area contributed by atoms with Crippen molar-refractivity contribution in [1.29, 1.82) is 0 Å². The van der Waals surface area contributed by atoms with Crippen molar-refractivity contribution in [1.82, 2.24) is 15.2 Å². The summed E-state index contributed by atoms with van der Waals surface area (Å²) in [5, 5.41) is 3.16. The van der Waals surface area contributed by atoms with Crippen LogP contribution in [0, 0.1) is 0 Å². The molecule has 0 aliphatic carbocycles. The van der Waals surface area contributed by atoms with Crippen LogP contribution < -0.4 is 5.32 Å². The molecule has 0 unspecified atom stereocenters. The van der Waals surface area contributed by atoms with Crippen LogP contribution in [0.2, 0.25) is 0 Å². The fourth-order valence-electron chi connectivity index (χ4n) is 1.32. The van der Waals surface area contributed by atoms with Gasteiger partial charge in [0.1, 0.15) is 0 Å². The number of hydrogen-bond donors (Lipinski definition) is 1. The van der Waals surface area contributed by atoms with E-state index >= 15 is 0 Å². The van der Waals surface area contributed by atoms with Gasteiger partial charge >= 0.3 is 0 Å². The minimum Gasteiger partial charge on any atom is -0.310 e. The van der Waals surface area contributed by atoms with Crippen molar-refractivity contribution >= 4 is 0 Å². The highest BCUT2D eigenvalue weighted by atomic mass is 19.3. The maximum Gasteiger partial charge on any atom is 0.251 e. The van der Waals surface area contributed by atoms with E-state index in [-0.39, 0.29) is 6.54 Å². The highest BCUT2D eigenvalue weighted by Crippen LogP contribution is 1.95. The Balaban J connectivity index is 2.08. The van der Waals surface area contributed by atoms with Gasteiger partial charge in [0.2, 0.25) is 0 Å². The zero-order valence-corrected chi connectivity index (χ0v) is 9.37. The lowest BCUT2D eigenvalue weighted by Gasteiger charge is -2.15. The molecule has 0 aromatic carbocycles. The van der Waals surface area contributed by atoms with Crippen LogP contribution >= 0.6 is 0 Å². The minimum absolute atomic E-state index is 0.175. The average Bonchev–Trinajstić information content (AvgIpc) is 2.25. The van der Waals surface area contributed by atoms with Crippen molar-refractivity contribution in [3.8, 4) is 0 Å². The summed E-state index contributed by atoms with van der Waals surface area (Å²) in [6.45, 7) is 1.78. The molecule has 0 saturated heterocycles. The maximum absolute atomic E-state index is 12.0. The Hall–Kier alpha value is -1.07. The van der Waals surface area contributed by atoms with Crippen LogP contribution in [0.3, 0.4) is 0 Å². The van der Waals surface area contributed by atoms with Gasteiger partial charge in [-0.3, -0.25) is 9.88 Å². The average molecular weight is 229 g/mol. The number of rotatable bonds is 7. The van der Waals surface area contributed by atoms with E-state index in [4.69, 9.17) is 0 Å². The molecule has 1 heterocycles. The van der Waals surface area contributed by atoms with E-state index in [1.807, 2.05) is 18.2 Å². The third-order valence-corrected chi connectivity index (χ3v) is 2.15. The van der Waals surface area contributed by atoms with Gasteiger partial charge in [-0.05, 0) is 19.2 Å². The van der Waals surface area contributed by atoms with Gasteiger partial charge < -0.3 is 5.32 Å². The topological polar surface area (TPSA) is 28.2 Å². The van der Waals surface area contributed by atoms with Crippen molar-refractivity contribution < 1.29 is 8.78 Å². The zero-order valence-electron chi connectivity index (χ0n) is 9.37. The number of halogens is 2. The number of aromatic nitrogens is 1. The number of alkyl halides is 2. The molecule has 1 rings (SSSR count). The number of likely N-dealkylation sites (N-methyl/N-ethyl adjacent to an activating group) is 1. The molecule has 1 aromatic rings. The lowest BCUT2D eigenvalue weighted by Crippen LogP contribution is -2.32. The van der Waals surface area contributed by atoms with E-state index in [1.165, 1.54) is 0 Å². The number of nitrogens with zero attached hydrogens (tertiary/aromatic N) is 2. The first-order chi connectivity index (χ1) is 7.68. The Kier molecular flexibility index (Phi) is 5.88. The Morgan fingerprint density at radius 3 is 2.88 bits per heavy atom. The first-order valence-electron chi connectivity index (χ1n) is 5.26. The molecule has 16 heavy (non-hydrogen) atoms. The van der Waals surface area contributed by atoms with Gasteiger partial charge in [0.25, 0.3) is 6.43 Å². The number of pyridine rings is 1. The quantitative estimate of drug-likeness (QED) is 0.716. The fraction of sp³-hybridized carbons (Fsp3) is 0.545. The molecule has 5 heteroatoms. The van der Waals surface area contributed by atoms with E-state index in [0.717, 1.165) is 5.69 Å². The Morgan fingerprint density at radius 2 is 2.25 bits per heavy atom. The normalized spacial score (nSPS) is 11.3. The number of nitrogens with one attached hydrogen (secondary N) is 1. The smallest absolute Gasteiger partial charge is 0.251 e.